The molecule has 2 heterocycles. The van der Waals surface area contributed by atoms with Gasteiger partial charge in [-0.3, -0.25) is 4.90 Å². The molecule has 4 rings (SSSR count). The molecule has 1 saturated heterocycles. The number of carbonyl (C=O) groups excluding carboxylic acids is 1. The maximum atomic E-state index is 13.6. The third-order valence-electron chi connectivity index (χ3n) is 5.58. The van der Waals surface area contributed by atoms with Crippen molar-refractivity contribution in [2.45, 2.75) is 51.3 Å². The van der Waals surface area contributed by atoms with Gasteiger partial charge in [0.2, 0.25) is 0 Å². The lowest BCUT2D eigenvalue weighted by atomic mass is 9.83. The van der Waals surface area contributed by atoms with Gasteiger partial charge in [0.25, 0.3) is 0 Å². The number of nitrogens with zero attached hydrogens (tertiary/aromatic N) is 1. The van der Waals surface area contributed by atoms with E-state index in [9.17, 15) is 9.18 Å². The highest BCUT2D eigenvalue weighted by Gasteiger charge is 2.38. The van der Waals surface area contributed by atoms with E-state index in [1.165, 1.54) is 11.6 Å². The molecule has 2 aromatic carbocycles. The molecule has 0 aromatic heterocycles. The van der Waals surface area contributed by atoms with Crippen LogP contribution in [0, 0.1) is 12.7 Å². The summed E-state index contributed by atoms with van der Waals surface area (Å²) in [5.41, 5.74) is 3.91. The number of amides is 1. The smallest absolute Gasteiger partial charge is 0.410 e. The Balaban J connectivity index is 1.51. The Kier molecular flexibility index (Phi) is 4.97. The number of hydrogen-bond acceptors (Lipinski definition) is 2. The summed E-state index contributed by atoms with van der Waals surface area (Å²) in [5, 5.41) is 0. The molecule has 0 aliphatic carbocycles. The van der Waals surface area contributed by atoms with E-state index < -0.39 is 0 Å². The lowest BCUT2D eigenvalue weighted by Crippen LogP contribution is -2.51. The Morgan fingerprint density at radius 1 is 1.19 bits per heavy atom. The number of hydrogen-bond donors (Lipinski definition) is 0. The molecule has 1 fully saturated rings. The number of ether oxygens (including phenoxy) is 1. The first-order valence-corrected chi connectivity index (χ1v) is 9.58. The van der Waals surface area contributed by atoms with Crippen LogP contribution in [0.1, 0.15) is 42.4 Å². The summed E-state index contributed by atoms with van der Waals surface area (Å²) >= 11 is 0. The van der Waals surface area contributed by atoms with Crippen LogP contribution in [0.3, 0.4) is 0 Å². The summed E-state index contributed by atoms with van der Waals surface area (Å²) < 4.78 is 19.2. The largest absolute Gasteiger partial charge is 0.445 e. The first-order valence-electron chi connectivity index (χ1n) is 9.58. The van der Waals surface area contributed by atoms with E-state index in [-0.39, 0.29) is 24.0 Å². The number of halogens is 1. The van der Waals surface area contributed by atoms with Gasteiger partial charge in [0, 0.05) is 6.04 Å². The molecule has 0 N–H and O–H groups in total. The van der Waals surface area contributed by atoms with Crippen LogP contribution < -0.4 is 0 Å². The second-order valence-electron chi connectivity index (χ2n) is 7.46. The molecule has 3 nitrogen and oxygen atoms in total. The van der Waals surface area contributed by atoms with E-state index >= 15 is 0 Å². The summed E-state index contributed by atoms with van der Waals surface area (Å²) in [4.78, 5) is 14.7. The number of benzene rings is 2. The van der Waals surface area contributed by atoms with Crippen molar-refractivity contribution < 1.29 is 13.9 Å². The molecule has 2 aromatic rings. The average molecular weight is 365 g/mol. The maximum absolute atomic E-state index is 13.6. The Labute approximate surface area is 159 Å². The van der Waals surface area contributed by atoms with Crippen LogP contribution in [0.25, 0.3) is 5.57 Å². The fraction of sp³-hybridized carbons (Fsp3) is 0.348. The third kappa shape index (κ3) is 3.75. The minimum absolute atomic E-state index is 0.0566. The van der Waals surface area contributed by atoms with Gasteiger partial charge >= 0.3 is 6.09 Å². The molecular formula is C23H24FNO2. The standard InChI is InChI=1S/C23H24FNO2/c1-16-12-18(10-11-22(16)24)19-13-20-8-5-9-21(14-19)25(20)23(26)27-15-17-6-3-2-4-7-17/h2-4,6-7,10-13,20-21H,5,8-9,14-15H2,1H3. The number of fused-ring (bicyclic) bond motifs is 2. The normalized spacial score (nSPS) is 21.6. The molecule has 2 aliphatic rings. The topological polar surface area (TPSA) is 29.5 Å². The Bertz CT molecular complexity index is 862. The first-order chi connectivity index (χ1) is 13.1. The molecule has 4 heteroatoms. The summed E-state index contributed by atoms with van der Waals surface area (Å²) in [6, 6.07) is 15.2. The van der Waals surface area contributed by atoms with Gasteiger partial charge in [-0.25, -0.2) is 9.18 Å². The minimum atomic E-state index is -0.237. The molecule has 0 saturated carbocycles. The highest BCUT2D eigenvalue weighted by molar-refractivity contribution is 5.74. The van der Waals surface area contributed by atoms with Crippen molar-refractivity contribution in [3.63, 3.8) is 0 Å². The van der Waals surface area contributed by atoms with Crippen LogP contribution in [-0.4, -0.2) is 23.1 Å². The lowest BCUT2D eigenvalue weighted by Gasteiger charge is -2.44. The molecule has 2 atom stereocenters. The van der Waals surface area contributed by atoms with E-state index in [2.05, 4.69) is 6.08 Å². The van der Waals surface area contributed by atoms with Crippen molar-refractivity contribution in [2.75, 3.05) is 0 Å². The van der Waals surface area contributed by atoms with Gasteiger partial charge in [0.05, 0.1) is 6.04 Å². The van der Waals surface area contributed by atoms with Gasteiger partial charge in [-0.2, -0.15) is 0 Å². The van der Waals surface area contributed by atoms with E-state index in [1.807, 2.05) is 47.4 Å². The molecule has 1 amide bonds. The second kappa shape index (κ2) is 7.55. The zero-order valence-electron chi connectivity index (χ0n) is 15.5. The molecule has 2 unspecified atom stereocenters. The first kappa shape index (κ1) is 17.8. The molecule has 0 spiro atoms. The van der Waals surface area contributed by atoms with Crippen molar-refractivity contribution in [2.24, 2.45) is 0 Å². The van der Waals surface area contributed by atoms with Crippen molar-refractivity contribution in [1.29, 1.82) is 0 Å². The number of aryl methyl sites for hydroxylation is 1. The molecule has 2 aliphatic heterocycles. The zero-order valence-corrected chi connectivity index (χ0v) is 15.5. The third-order valence-corrected chi connectivity index (χ3v) is 5.58. The van der Waals surface area contributed by atoms with E-state index in [4.69, 9.17) is 4.74 Å². The Hall–Kier alpha value is -2.62. The fourth-order valence-electron chi connectivity index (χ4n) is 4.17. The minimum Gasteiger partial charge on any atom is -0.445 e. The van der Waals surface area contributed by atoms with E-state index in [0.717, 1.165) is 36.8 Å². The molecule has 0 radical (unpaired) electrons. The van der Waals surface area contributed by atoms with E-state index in [1.54, 1.807) is 6.92 Å². The van der Waals surface area contributed by atoms with Crippen LogP contribution in [-0.2, 0) is 11.3 Å². The van der Waals surface area contributed by atoms with Crippen molar-refractivity contribution in [1.82, 2.24) is 4.90 Å². The molecule has 140 valence electrons. The highest BCUT2D eigenvalue weighted by Crippen LogP contribution is 2.37. The molecular weight excluding hydrogens is 341 g/mol. The van der Waals surface area contributed by atoms with Crippen molar-refractivity contribution in [3.8, 4) is 0 Å². The zero-order chi connectivity index (χ0) is 18.8. The summed E-state index contributed by atoms with van der Waals surface area (Å²) in [7, 11) is 0. The average Bonchev–Trinajstić information content (AvgIpc) is 2.68. The van der Waals surface area contributed by atoms with Gasteiger partial charge < -0.3 is 4.74 Å². The predicted octanol–water partition coefficient (Wildman–Crippen LogP) is 5.48. The van der Waals surface area contributed by atoms with Crippen molar-refractivity contribution in [3.05, 3.63) is 77.1 Å². The monoisotopic (exact) mass is 365 g/mol. The van der Waals surface area contributed by atoms with Crippen LogP contribution in [0.4, 0.5) is 9.18 Å². The predicted molar refractivity (Wildman–Crippen MR) is 104 cm³/mol. The molecule has 27 heavy (non-hydrogen) atoms. The Morgan fingerprint density at radius 2 is 2.00 bits per heavy atom. The van der Waals surface area contributed by atoms with Gasteiger partial charge in [-0.15, -0.1) is 0 Å². The lowest BCUT2D eigenvalue weighted by molar-refractivity contribution is 0.0510. The highest BCUT2D eigenvalue weighted by atomic mass is 19.1. The summed E-state index contributed by atoms with van der Waals surface area (Å²) in [5.74, 6) is -0.179. The van der Waals surface area contributed by atoms with Crippen molar-refractivity contribution >= 4 is 11.7 Å². The van der Waals surface area contributed by atoms with Gasteiger partial charge in [-0.05, 0) is 67.0 Å². The summed E-state index contributed by atoms with van der Waals surface area (Å²) in [6.07, 6.45) is 5.77. The fourth-order valence-corrected chi connectivity index (χ4v) is 4.17. The van der Waals surface area contributed by atoms with Crippen LogP contribution in [0.2, 0.25) is 0 Å². The van der Waals surface area contributed by atoms with E-state index in [0.29, 0.717) is 12.2 Å². The van der Waals surface area contributed by atoms with Gasteiger partial charge in [0.1, 0.15) is 12.4 Å². The SMILES string of the molecule is Cc1cc(C2=CC3CCCC(C2)N3C(=O)OCc2ccccc2)ccc1F. The molecule has 2 bridgehead atoms. The quantitative estimate of drug-likeness (QED) is 0.721. The van der Waals surface area contributed by atoms with Gasteiger partial charge in [-0.1, -0.05) is 42.5 Å². The Morgan fingerprint density at radius 3 is 2.74 bits per heavy atom. The number of rotatable bonds is 3. The summed E-state index contributed by atoms with van der Waals surface area (Å²) in [6.45, 7) is 2.08. The number of piperidine rings is 1. The van der Waals surface area contributed by atoms with Crippen LogP contribution in [0.5, 0.6) is 0 Å². The van der Waals surface area contributed by atoms with Crippen LogP contribution >= 0.6 is 0 Å². The van der Waals surface area contributed by atoms with Gasteiger partial charge in [0.15, 0.2) is 0 Å². The maximum Gasteiger partial charge on any atom is 0.410 e. The number of carbonyl (C=O) groups is 1. The second-order valence-corrected chi connectivity index (χ2v) is 7.46. The van der Waals surface area contributed by atoms with Crippen LogP contribution in [0.15, 0.2) is 54.6 Å².